The van der Waals surface area contributed by atoms with Gasteiger partial charge in [-0.3, -0.25) is 0 Å². The molecule has 2 rings (SSSR count). The van der Waals surface area contributed by atoms with E-state index in [0.717, 1.165) is 12.5 Å². The van der Waals surface area contributed by atoms with Crippen LogP contribution in [0.1, 0.15) is 19.8 Å². The zero-order valence-corrected chi connectivity index (χ0v) is 11.2. The monoisotopic (exact) mass is 239 g/mol. The van der Waals surface area contributed by atoms with Gasteiger partial charge < -0.3 is 9.80 Å². The van der Waals surface area contributed by atoms with Crippen LogP contribution in [0.2, 0.25) is 0 Å². The Morgan fingerprint density at radius 3 is 2.88 bits per heavy atom. The molecule has 0 N–H and O–H groups in total. The van der Waals surface area contributed by atoms with Gasteiger partial charge in [-0.2, -0.15) is 0 Å². The van der Waals surface area contributed by atoms with Crippen molar-refractivity contribution >= 4 is 16.5 Å². The maximum absolute atomic E-state index is 4.41. The predicted molar refractivity (Wildman–Crippen MR) is 70.2 cm³/mol. The number of rotatable bonds is 4. The second kappa shape index (κ2) is 5.15. The molecule has 0 amide bonds. The lowest BCUT2D eigenvalue weighted by molar-refractivity contribution is 0.246. The van der Waals surface area contributed by atoms with Gasteiger partial charge in [0.1, 0.15) is 0 Å². The van der Waals surface area contributed by atoms with Crippen LogP contribution in [0.5, 0.6) is 0 Å². The molecule has 0 radical (unpaired) electrons. The summed E-state index contributed by atoms with van der Waals surface area (Å²) >= 11 is 1.75. The molecule has 1 aromatic rings. The SMILES string of the molecule is CCC[C@H]1CN(c2nccs2)C[C@@H]1N(C)C. The lowest BCUT2D eigenvalue weighted by Crippen LogP contribution is -2.35. The van der Waals surface area contributed by atoms with Crippen molar-refractivity contribution in [3.63, 3.8) is 0 Å². The van der Waals surface area contributed by atoms with E-state index in [1.807, 2.05) is 6.20 Å². The summed E-state index contributed by atoms with van der Waals surface area (Å²) in [5.74, 6) is 0.795. The van der Waals surface area contributed by atoms with Crippen molar-refractivity contribution in [3.05, 3.63) is 11.6 Å². The van der Waals surface area contributed by atoms with Crippen molar-refractivity contribution in [3.8, 4) is 0 Å². The van der Waals surface area contributed by atoms with Crippen LogP contribution in [-0.4, -0.2) is 43.1 Å². The number of anilines is 1. The van der Waals surface area contributed by atoms with Crippen LogP contribution in [-0.2, 0) is 0 Å². The van der Waals surface area contributed by atoms with Crippen LogP contribution in [0.25, 0.3) is 0 Å². The maximum atomic E-state index is 4.41. The van der Waals surface area contributed by atoms with Crippen molar-refractivity contribution in [1.29, 1.82) is 0 Å². The van der Waals surface area contributed by atoms with Crippen LogP contribution in [0, 0.1) is 5.92 Å². The molecule has 2 atom stereocenters. The summed E-state index contributed by atoms with van der Waals surface area (Å²) in [5, 5.41) is 3.25. The van der Waals surface area contributed by atoms with E-state index in [0.29, 0.717) is 6.04 Å². The molecule has 4 heteroatoms. The maximum Gasteiger partial charge on any atom is 0.185 e. The molecule has 0 spiro atoms. The minimum Gasteiger partial charge on any atom is -0.346 e. The molecule has 0 aliphatic carbocycles. The minimum atomic E-state index is 0.684. The average Bonchev–Trinajstić information content (AvgIpc) is 2.83. The second-order valence-corrected chi connectivity index (χ2v) is 5.67. The highest BCUT2D eigenvalue weighted by atomic mass is 32.1. The molecule has 1 saturated heterocycles. The molecule has 0 saturated carbocycles. The molecule has 90 valence electrons. The third-order valence-electron chi connectivity index (χ3n) is 3.42. The Hall–Kier alpha value is -0.610. The third-order valence-corrected chi connectivity index (χ3v) is 4.25. The molecule has 1 aromatic heterocycles. The Morgan fingerprint density at radius 2 is 2.31 bits per heavy atom. The van der Waals surface area contributed by atoms with E-state index in [2.05, 4.69) is 41.2 Å². The van der Waals surface area contributed by atoms with Crippen molar-refractivity contribution in [2.75, 3.05) is 32.1 Å². The van der Waals surface area contributed by atoms with Crippen LogP contribution < -0.4 is 4.90 Å². The zero-order chi connectivity index (χ0) is 11.5. The Bertz CT molecular complexity index is 310. The number of hydrogen-bond donors (Lipinski definition) is 0. The standard InChI is InChI=1S/C12H21N3S/c1-4-5-10-8-15(9-11(10)14(2)3)12-13-6-7-16-12/h6-7,10-11H,4-5,8-9H2,1-3H3/t10-,11-/m0/s1. The molecule has 3 nitrogen and oxygen atoms in total. The van der Waals surface area contributed by atoms with Crippen LogP contribution in [0.3, 0.4) is 0 Å². The molecule has 1 aliphatic rings. The van der Waals surface area contributed by atoms with Crippen LogP contribution in [0.4, 0.5) is 5.13 Å². The van der Waals surface area contributed by atoms with Gasteiger partial charge >= 0.3 is 0 Å². The van der Waals surface area contributed by atoms with Crippen molar-refractivity contribution < 1.29 is 0 Å². The summed E-state index contributed by atoms with van der Waals surface area (Å²) in [6.07, 6.45) is 4.50. The highest BCUT2D eigenvalue weighted by Gasteiger charge is 2.34. The van der Waals surface area contributed by atoms with Gasteiger partial charge in [-0.1, -0.05) is 13.3 Å². The molecule has 1 aliphatic heterocycles. The normalized spacial score (nSPS) is 25.6. The summed E-state index contributed by atoms with van der Waals surface area (Å²) in [6, 6.07) is 0.684. The van der Waals surface area contributed by atoms with Crippen LogP contribution in [0.15, 0.2) is 11.6 Å². The quantitative estimate of drug-likeness (QED) is 0.804. The summed E-state index contributed by atoms with van der Waals surface area (Å²) in [6.45, 7) is 4.58. The minimum absolute atomic E-state index is 0.684. The Balaban J connectivity index is 2.05. The highest BCUT2D eigenvalue weighted by Crippen LogP contribution is 2.29. The first kappa shape index (κ1) is 11.9. The molecular weight excluding hydrogens is 218 g/mol. The molecule has 0 aromatic carbocycles. The molecule has 2 heterocycles. The number of aromatic nitrogens is 1. The summed E-state index contributed by atoms with van der Waals surface area (Å²) < 4.78 is 0. The molecule has 0 unspecified atom stereocenters. The molecular formula is C12H21N3S. The lowest BCUT2D eigenvalue weighted by atomic mass is 9.98. The average molecular weight is 239 g/mol. The van der Waals surface area contributed by atoms with Gasteiger partial charge in [-0.05, 0) is 26.4 Å². The fraction of sp³-hybridized carbons (Fsp3) is 0.750. The van der Waals surface area contributed by atoms with E-state index in [1.54, 1.807) is 11.3 Å². The zero-order valence-electron chi connectivity index (χ0n) is 10.4. The summed E-state index contributed by atoms with van der Waals surface area (Å²) in [5.41, 5.74) is 0. The van der Waals surface area contributed by atoms with E-state index in [4.69, 9.17) is 0 Å². The fourth-order valence-electron chi connectivity index (χ4n) is 2.62. The predicted octanol–water partition coefficient (Wildman–Crippen LogP) is 2.31. The summed E-state index contributed by atoms with van der Waals surface area (Å²) in [4.78, 5) is 9.22. The van der Waals surface area contributed by atoms with Gasteiger partial charge in [-0.25, -0.2) is 4.98 Å². The van der Waals surface area contributed by atoms with E-state index < -0.39 is 0 Å². The number of hydrogen-bond acceptors (Lipinski definition) is 4. The van der Waals surface area contributed by atoms with Gasteiger partial charge in [0.2, 0.25) is 0 Å². The first-order valence-electron chi connectivity index (χ1n) is 6.03. The van der Waals surface area contributed by atoms with Crippen molar-refractivity contribution in [1.82, 2.24) is 9.88 Å². The van der Waals surface area contributed by atoms with Crippen LogP contribution >= 0.6 is 11.3 Å². The number of likely N-dealkylation sites (N-methyl/N-ethyl adjacent to an activating group) is 1. The molecule has 16 heavy (non-hydrogen) atoms. The van der Waals surface area contributed by atoms with Crippen molar-refractivity contribution in [2.45, 2.75) is 25.8 Å². The third kappa shape index (κ3) is 2.38. The van der Waals surface area contributed by atoms with Gasteiger partial charge in [0.15, 0.2) is 5.13 Å². The van der Waals surface area contributed by atoms with Gasteiger partial charge in [0, 0.05) is 30.7 Å². The fourth-order valence-corrected chi connectivity index (χ4v) is 3.29. The van der Waals surface area contributed by atoms with E-state index in [1.165, 1.54) is 24.5 Å². The first-order chi connectivity index (χ1) is 7.72. The highest BCUT2D eigenvalue weighted by molar-refractivity contribution is 7.13. The Labute approximate surface area is 102 Å². The lowest BCUT2D eigenvalue weighted by Gasteiger charge is -2.24. The van der Waals surface area contributed by atoms with Gasteiger partial charge in [0.05, 0.1) is 0 Å². The van der Waals surface area contributed by atoms with Gasteiger partial charge in [0.25, 0.3) is 0 Å². The largest absolute Gasteiger partial charge is 0.346 e. The topological polar surface area (TPSA) is 19.4 Å². The second-order valence-electron chi connectivity index (χ2n) is 4.80. The first-order valence-corrected chi connectivity index (χ1v) is 6.91. The van der Waals surface area contributed by atoms with E-state index in [9.17, 15) is 0 Å². The smallest absolute Gasteiger partial charge is 0.185 e. The number of thiazole rings is 1. The molecule has 0 bridgehead atoms. The van der Waals surface area contributed by atoms with E-state index in [-0.39, 0.29) is 0 Å². The molecule has 1 fully saturated rings. The Kier molecular flexibility index (Phi) is 3.82. The summed E-state index contributed by atoms with van der Waals surface area (Å²) in [7, 11) is 4.39. The van der Waals surface area contributed by atoms with Gasteiger partial charge in [-0.15, -0.1) is 11.3 Å². The van der Waals surface area contributed by atoms with Crippen molar-refractivity contribution in [2.24, 2.45) is 5.92 Å². The Morgan fingerprint density at radius 1 is 1.50 bits per heavy atom. The van der Waals surface area contributed by atoms with E-state index >= 15 is 0 Å². The number of nitrogens with zero attached hydrogens (tertiary/aromatic N) is 3.